The Morgan fingerprint density at radius 3 is 2.65 bits per heavy atom. The number of nitrogens with zero attached hydrogens (tertiary/aromatic N) is 1. The fourth-order valence-electron chi connectivity index (χ4n) is 4.74. The lowest BCUT2D eigenvalue weighted by Crippen LogP contribution is -2.25. The number of oxime groups is 1. The van der Waals surface area contributed by atoms with E-state index in [1.807, 2.05) is 13.0 Å². The lowest BCUT2D eigenvalue weighted by Gasteiger charge is -2.25. The van der Waals surface area contributed by atoms with Crippen LogP contribution in [0.2, 0.25) is 0 Å². The quantitative estimate of drug-likeness (QED) is 0.208. The summed E-state index contributed by atoms with van der Waals surface area (Å²) in [4.78, 5) is 10.6. The molecule has 2 rings (SSSR count). The summed E-state index contributed by atoms with van der Waals surface area (Å²) in [6.45, 7) is 1.94. The number of hydrogen-bond acceptors (Lipinski definition) is 5. The third kappa shape index (κ3) is 8.22. The summed E-state index contributed by atoms with van der Waals surface area (Å²) in [6.07, 6.45) is 5.19. The fourth-order valence-corrected chi connectivity index (χ4v) is 4.74. The summed E-state index contributed by atoms with van der Waals surface area (Å²) in [7, 11) is 0. The van der Waals surface area contributed by atoms with Crippen LogP contribution in [0.4, 0.5) is 4.39 Å². The molecule has 1 saturated carbocycles. The maximum atomic E-state index is 13.4. The molecular formula is C24H36FNO5. The zero-order valence-corrected chi connectivity index (χ0v) is 18.3. The monoisotopic (exact) mass is 437 g/mol. The Morgan fingerprint density at radius 2 is 1.97 bits per heavy atom. The number of carbonyl (C=O) groups is 1. The molecule has 0 radical (unpaired) electrons. The molecule has 0 heterocycles. The zero-order chi connectivity index (χ0) is 22.8. The number of unbranched alkanes of at least 4 members (excludes halogenated alkanes) is 3. The second kappa shape index (κ2) is 12.8. The van der Waals surface area contributed by atoms with Gasteiger partial charge in [-0.3, -0.25) is 4.79 Å². The van der Waals surface area contributed by atoms with E-state index in [0.29, 0.717) is 37.8 Å². The van der Waals surface area contributed by atoms with Crippen molar-refractivity contribution >= 4 is 11.7 Å². The van der Waals surface area contributed by atoms with E-state index in [1.54, 1.807) is 6.07 Å². The Labute approximate surface area is 183 Å². The summed E-state index contributed by atoms with van der Waals surface area (Å²) >= 11 is 0. The van der Waals surface area contributed by atoms with Crippen LogP contribution in [0, 0.1) is 23.6 Å². The summed E-state index contributed by atoms with van der Waals surface area (Å²) in [5.74, 6) is -1.20. The molecule has 0 aromatic heterocycles. The van der Waals surface area contributed by atoms with Crippen LogP contribution in [0.3, 0.4) is 0 Å². The van der Waals surface area contributed by atoms with Gasteiger partial charge in [0.05, 0.1) is 17.9 Å². The molecule has 1 unspecified atom stereocenters. The second-order valence-electron chi connectivity index (χ2n) is 8.94. The van der Waals surface area contributed by atoms with E-state index >= 15 is 0 Å². The highest BCUT2D eigenvalue weighted by Gasteiger charge is 2.39. The Bertz CT molecular complexity index is 726. The standard InChI is InChI=1S/C24H36FNO5/c1-16(13-17-7-6-8-18(25)14-17)22(27)12-11-19-20(23(28)15-21(19)26-31)9-4-2-3-5-10-24(29)30/h6-8,14,16,19-20,22-23,27-28,31H,2-5,9-13,15H2,1H3,(H,29,30)/b26-21-/t16?,19-,20-,22-,23+/m1/s1. The smallest absolute Gasteiger partial charge is 0.303 e. The van der Waals surface area contributed by atoms with Crippen molar-refractivity contribution < 1.29 is 29.7 Å². The summed E-state index contributed by atoms with van der Waals surface area (Å²) in [5, 5.41) is 42.6. The molecule has 0 spiro atoms. The maximum absolute atomic E-state index is 13.4. The van der Waals surface area contributed by atoms with Crippen molar-refractivity contribution in [3.63, 3.8) is 0 Å². The van der Waals surface area contributed by atoms with Gasteiger partial charge < -0.3 is 20.5 Å². The first kappa shape index (κ1) is 25.3. The largest absolute Gasteiger partial charge is 0.481 e. The molecule has 1 fully saturated rings. The number of hydrogen-bond donors (Lipinski definition) is 4. The average molecular weight is 438 g/mol. The first-order valence-corrected chi connectivity index (χ1v) is 11.3. The highest BCUT2D eigenvalue weighted by molar-refractivity contribution is 5.89. The molecule has 0 amide bonds. The fraction of sp³-hybridized carbons (Fsp3) is 0.667. The van der Waals surface area contributed by atoms with Gasteiger partial charge in [-0.2, -0.15) is 0 Å². The van der Waals surface area contributed by atoms with E-state index in [0.717, 1.165) is 31.2 Å². The lowest BCUT2D eigenvalue weighted by molar-refractivity contribution is -0.137. The zero-order valence-electron chi connectivity index (χ0n) is 18.3. The highest BCUT2D eigenvalue weighted by atomic mass is 19.1. The van der Waals surface area contributed by atoms with Crippen LogP contribution >= 0.6 is 0 Å². The minimum absolute atomic E-state index is 0.0175. The molecule has 174 valence electrons. The Kier molecular flexibility index (Phi) is 10.4. The molecular weight excluding hydrogens is 401 g/mol. The van der Waals surface area contributed by atoms with Gasteiger partial charge in [-0.25, -0.2) is 4.39 Å². The molecule has 0 aliphatic heterocycles. The van der Waals surface area contributed by atoms with Gasteiger partial charge in [0.25, 0.3) is 0 Å². The van der Waals surface area contributed by atoms with Crippen LogP contribution in [0.25, 0.3) is 0 Å². The van der Waals surface area contributed by atoms with Crippen molar-refractivity contribution in [3.05, 3.63) is 35.6 Å². The normalized spacial score (nSPS) is 24.4. The van der Waals surface area contributed by atoms with Gasteiger partial charge in [-0.05, 0) is 61.6 Å². The predicted molar refractivity (Wildman–Crippen MR) is 117 cm³/mol. The molecule has 5 atom stereocenters. The number of aliphatic hydroxyl groups is 2. The van der Waals surface area contributed by atoms with Crippen molar-refractivity contribution in [2.45, 2.75) is 83.3 Å². The number of aliphatic hydroxyl groups excluding tert-OH is 2. The number of carboxylic acids is 1. The summed E-state index contributed by atoms with van der Waals surface area (Å²) < 4.78 is 13.4. The minimum atomic E-state index is -0.778. The van der Waals surface area contributed by atoms with Crippen LogP contribution in [0.15, 0.2) is 29.4 Å². The summed E-state index contributed by atoms with van der Waals surface area (Å²) in [6, 6.07) is 6.40. The van der Waals surface area contributed by atoms with Crippen LogP contribution < -0.4 is 0 Å². The van der Waals surface area contributed by atoms with Crippen LogP contribution in [-0.2, 0) is 11.2 Å². The first-order chi connectivity index (χ1) is 14.8. The van der Waals surface area contributed by atoms with Crippen LogP contribution in [0.5, 0.6) is 0 Å². The number of benzene rings is 1. The Balaban J connectivity index is 1.83. The van der Waals surface area contributed by atoms with E-state index in [-0.39, 0.29) is 30.0 Å². The van der Waals surface area contributed by atoms with Gasteiger partial charge >= 0.3 is 5.97 Å². The highest BCUT2D eigenvalue weighted by Crippen LogP contribution is 2.37. The molecule has 7 heteroatoms. The van der Waals surface area contributed by atoms with E-state index in [2.05, 4.69) is 5.16 Å². The predicted octanol–water partition coefficient (Wildman–Crippen LogP) is 4.40. The molecule has 31 heavy (non-hydrogen) atoms. The molecule has 1 aliphatic rings. The van der Waals surface area contributed by atoms with Gasteiger partial charge in [0.2, 0.25) is 0 Å². The molecule has 0 saturated heterocycles. The lowest BCUT2D eigenvalue weighted by atomic mass is 9.83. The van der Waals surface area contributed by atoms with Gasteiger partial charge in [0, 0.05) is 18.8 Å². The molecule has 1 aromatic carbocycles. The third-order valence-corrected chi connectivity index (χ3v) is 6.54. The summed E-state index contributed by atoms with van der Waals surface area (Å²) in [5.41, 5.74) is 1.44. The molecule has 0 bridgehead atoms. The van der Waals surface area contributed by atoms with Gasteiger partial charge in [0.1, 0.15) is 5.82 Å². The SMILES string of the molecule is CC(Cc1cccc(F)c1)[C@H](O)CC[C@H]1/C(=N\O)C[C@H](O)[C@@H]1CCCCCCC(=O)O. The van der Waals surface area contributed by atoms with Gasteiger partial charge in [-0.1, -0.05) is 43.5 Å². The number of rotatable bonds is 13. The molecule has 4 N–H and O–H groups in total. The van der Waals surface area contributed by atoms with Crippen molar-refractivity contribution in [2.24, 2.45) is 22.9 Å². The van der Waals surface area contributed by atoms with E-state index in [4.69, 9.17) is 5.11 Å². The third-order valence-electron chi connectivity index (χ3n) is 6.54. The average Bonchev–Trinajstić information content (AvgIpc) is 3.03. The number of aliphatic carboxylic acids is 1. The molecule has 6 nitrogen and oxygen atoms in total. The second-order valence-corrected chi connectivity index (χ2v) is 8.94. The van der Waals surface area contributed by atoms with Gasteiger partial charge in [0.15, 0.2) is 0 Å². The maximum Gasteiger partial charge on any atom is 0.303 e. The minimum Gasteiger partial charge on any atom is -0.481 e. The van der Waals surface area contributed by atoms with Crippen molar-refractivity contribution in [1.82, 2.24) is 0 Å². The molecule has 1 aliphatic carbocycles. The van der Waals surface area contributed by atoms with E-state index < -0.39 is 18.2 Å². The van der Waals surface area contributed by atoms with E-state index in [9.17, 15) is 24.6 Å². The van der Waals surface area contributed by atoms with Crippen LogP contribution in [0.1, 0.15) is 70.3 Å². The van der Waals surface area contributed by atoms with Crippen molar-refractivity contribution in [1.29, 1.82) is 0 Å². The topological polar surface area (TPSA) is 110 Å². The Hall–Kier alpha value is -1.99. The van der Waals surface area contributed by atoms with Crippen molar-refractivity contribution in [3.8, 4) is 0 Å². The first-order valence-electron chi connectivity index (χ1n) is 11.3. The van der Waals surface area contributed by atoms with Gasteiger partial charge in [-0.15, -0.1) is 0 Å². The van der Waals surface area contributed by atoms with Crippen molar-refractivity contribution in [2.75, 3.05) is 0 Å². The Morgan fingerprint density at radius 1 is 1.23 bits per heavy atom. The number of carboxylic acid groups (broad SMARTS) is 1. The molecule has 1 aromatic rings. The van der Waals surface area contributed by atoms with Crippen LogP contribution in [-0.4, -0.2) is 44.4 Å². The number of halogens is 1. The van der Waals surface area contributed by atoms with E-state index in [1.165, 1.54) is 12.1 Å².